The van der Waals surface area contributed by atoms with Gasteiger partial charge in [-0.15, -0.1) is 0 Å². The van der Waals surface area contributed by atoms with Crippen molar-refractivity contribution in [1.29, 1.82) is 0 Å². The molecule has 0 unspecified atom stereocenters. The van der Waals surface area contributed by atoms with Crippen molar-refractivity contribution >= 4 is 33.6 Å². The highest BCUT2D eigenvalue weighted by Gasteiger charge is 2.31. The van der Waals surface area contributed by atoms with Gasteiger partial charge in [-0.3, -0.25) is 14.8 Å². The van der Waals surface area contributed by atoms with Crippen molar-refractivity contribution in [2.75, 3.05) is 18.1 Å². The van der Waals surface area contributed by atoms with Crippen LogP contribution in [0.1, 0.15) is 52.4 Å². The highest BCUT2D eigenvalue weighted by atomic mass is 32.2. The molecule has 0 aromatic carbocycles. The highest BCUT2D eigenvalue weighted by molar-refractivity contribution is 7.91. The zero-order valence-corrected chi connectivity index (χ0v) is 17.7. The van der Waals surface area contributed by atoms with E-state index in [0.29, 0.717) is 12.1 Å². The number of nitro groups is 1. The van der Waals surface area contributed by atoms with Crippen molar-refractivity contribution in [2.45, 2.75) is 33.2 Å². The van der Waals surface area contributed by atoms with E-state index >= 15 is 0 Å². The Hall–Kier alpha value is -3.08. The van der Waals surface area contributed by atoms with Crippen molar-refractivity contribution in [3.8, 4) is 0 Å². The van der Waals surface area contributed by atoms with Crippen LogP contribution in [-0.2, 0) is 14.6 Å². The van der Waals surface area contributed by atoms with Crippen molar-refractivity contribution in [2.24, 2.45) is 0 Å². The third-order valence-electron chi connectivity index (χ3n) is 4.95. The predicted molar refractivity (Wildman–Crippen MR) is 110 cm³/mol. The van der Waals surface area contributed by atoms with Gasteiger partial charge in [-0.2, -0.15) is 5.10 Å². The molecule has 10 nitrogen and oxygen atoms in total. The highest BCUT2D eigenvalue weighted by Crippen LogP contribution is 2.28. The van der Waals surface area contributed by atoms with Gasteiger partial charge in [0.1, 0.15) is 6.20 Å². The summed E-state index contributed by atoms with van der Waals surface area (Å²) in [5.74, 6) is -0.486. The second kappa shape index (κ2) is 8.34. The fourth-order valence-corrected chi connectivity index (χ4v) is 5.16. The Morgan fingerprint density at radius 3 is 2.73 bits per heavy atom. The van der Waals surface area contributed by atoms with Crippen molar-refractivity contribution in [3.05, 3.63) is 50.6 Å². The Morgan fingerprint density at radius 2 is 2.13 bits per heavy atom. The molecule has 11 heteroatoms. The minimum atomic E-state index is -3.05. The lowest BCUT2D eigenvalue weighted by Crippen LogP contribution is -2.13. The largest absolute Gasteiger partial charge is 0.462 e. The molecular formula is C19H22N4O6S. The van der Waals surface area contributed by atoms with Crippen molar-refractivity contribution < 1.29 is 22.9 Å². The molecule has 0 bridgehead atoms. The van der Waals surface area contributed by atoms with Gasteiger partial charge in [-0.25, -0.2) is 18.2 Å². The summed E-state index contributed by atoms with van der Waals surface area (Å²) in [6.07, 6.45) is 4.89. The Bertz CT molecular complexity index is 1140. The topological polar surface area (TPSA) is 134 Å². The van der Waals surface area contributed by atoms with E-state index in [1.807, 2.05) is 13.8 Å². The lowest BCUT2D eigenvalue weighted by Gasteiger charge is -2.11. The number of rotatable bonds is 6. The van der Waals surface area contributed by atoms with Crippen LogP contribution in [0.5, 0.6) is 0 Å². The zero-order chi connectivity index (χ0) is 22.1. The van der Waals surface area contributed by atoms with Gasteiger partial charge >= 0.3 is 5.97 Å². The van der Waals surface area contributed by atoms with Gasteiger partial charge in [0, 0.05) is 17.3 Å². The molecule has 1 saturated heterocycles. The van der Waals surface area contributed by atoms with Crippen molar-refractivity contribution in [1.82, 2.24) is 14.8 Å². The number of sulfone groups is 1. The van der Waals surface area contributed by atoms with Crippen LogP contribution in [-0.4, -0.2) is 52.2 Å². The SMILES string of the molecule is CCOC(=O)c1cc([N+](=O)[O-])cnc1/C=C/c1c(C)nn([C@H]2CCS(=O)(=O)C2)c1C. The molecule has 160 valence electrons. The molecule has 0 N–H and O–H groups in total. The van der Waals surface area contributed by atoms with Crippen LogP contribution in [0.2, 0.25) is 0 Å². The number of aryl methyl sites for hydroxylation is 1. The molecule has 0 spiro atoms. The minimum Gasteiger partial charge on any atom is -0.462 e. The van der Waals surface area contributed by atoms with Crippen LogP contribution in [0.4, 0.5) is 5.69 Å². The number of esters is 1. The summed E-state index contributed by atoms with van der Waals surface area (Å²) >= 11 is 0. The molecule has 1 fully saturated rings. The molecule has 3 rings (SSSR count). The number of ether oxygens (including phenoxy) is 1. The summed E-state index contributed by atoms with van der Waals surface area (Å²) in [6, 6.07) is 0.931. The summed E-state index contributed by atoms with van der Waals surface area (Å²) in [5, 5.41) is 15.5. The second-order valence-corrected chi connectivity index (χ2v) is 9.25. The van der Waals surface area contributed by atoms with E-state index in [1.54, 1.807) is 23.8 Å². The quantitative estimate of drug-likeness (QED) is 0.384. The van der Waals surface area contributed by atoms with E-state index in [1.165, 1.54) is 0 Å². The Morgan fingerprint density at radius 1 is 1.40 bits per heavy atom. The monoisotopic (exact) mass is 434 g/mol. The third kappa shape index (κ3) is 4.40. The molecule has 0 aliphatic carbocycles. The van der Waals surface area contributed by atoms with Crippen molar-refractivity contribution in [3.63, 3.8) is 0 Å². The summed E-state index contributed by atoms with van der Waals surface area (Å²) < 4.78 is 30.3. The molecule has 30 heavy (non-hydrogen) atoms. The van der Waals surface area contributed by atoms with Crippen LogP contribution in [0, 0.1) is 24.0 Å². The standard InChI is InChI=1S/C19H22N4O6S/c1-4-29-19(24)17-9-15(23(25)26)10-20-18(17)6-5-16-12(2)21-22(13(16)3)14-7-8-30(27,28)11-14/h5-6,9-10,14H,4,7-8,11H2,1-3H3/b6-5+/t14-/m0/s1. The normalized spacial score (nSPS) is 18.0. The van der Waals surface area contributed by atoms with Gasteiger partial charge in [-0.1, -0.05) is 0 Å². The maximum Gasteiger partial charge on any atom is 0.340 e. The lowest BCUT2D eigenvalue weighted by atomic mass is 10.1. The molecular weight excluding hydrogens is 412 g/mol. The minimum absolute atomic E-state index is 0.00751. The lowest BCUT2D eigenvalue weighted by molar-refractivity contribution is -0.385. The Labute approximate surface area is 173 Å². The van der Waals surface area contributed by atoms with E-state index in [-0.39, 0.29) is 41.1 Å². The van der Waals surface area contributed by atoms with Gasteiger partial charge in [0.05, 0.1) is 46.0 Å². The Kier molecular flexibility index (Phi) is 6.01. The fraction of sp³-hybridized carbons (Fsp3) is 0.421. The molecule has 1 aliphatic rings. The van der Waals surface area contributed by atoms with Gasteiger partial charge in [0.15, 0.2) is 9.84 Å². The summed E-state index contributed by atoms with van der Waals surface area (Å²) in [4.78, 5) is 26.7. The first kappa shape index (κ1) is 21.6. The van der Waals surface area contributed by atoms with E-state index in [9.17, 15) is 23.3 Å². The first-order valence-electron chi connectivity index (χ1n) is 9.38. The number of nitrogens with zero attached hydrogens (tertiary/aromatic N) is 4. The van der Waals surface area contributed by atoms with E-state index in [2.05, 4.69) is 10.1 Å². The molecule has 0 amide bonds. The van der Waals surface area contributed by atoms with Gasteiger partial charge < -0.3 is 4.74 Å². The van der Waals surface area contributed by atoms with Gasteiger partial charge in [-0.05, 0) is 39.3 Å². The molecule has 2 aromatic rings. The van der Waals surface area contributed by atoms with E-state index in [4.69, 9.17) is 4.74 Å². The van der Waals surface area contributed by atoms with Crippen LogP contribution in [0.25, 0.3) is 12.2 Å². The molecule has 1 atom stereocenters. The maximum atomic E-state index is 12.2. The van der Waals surface area contributed by atoms with E-state index < -0.39 is 20.7 Å². The smallest absolute Gasteiger partial charge is 0.340 e. The predicted octanol–water partition coefficient (Wildman–Crippen LogP) is 2.51. The average molecular weight is 434 g/mol. The van der Waals surface area contributed by atoms with Crippen LogP contribution in [0.15, 0.2) is 12.3 Å². The summed E-state index contributed by atoms with van der Waals surface area (Å²) in [7, 11) is -3.05. The zero-order valence-electron chi connectivity index (χ0n) is 16.9. The Balaban J connectivity index is 1.96. The summed E-state index contributed by atoms with van der Waals surface area (Å²) in [5.41, 5.74) is 2.19. The molecule has 1 aliphatic heterocycles. The maximum absolute atomic E-state index is 12.2. The molecule has 0 radical (unpaired) electrons. The molecule has 0 saturated carbocycles. The number of carbonyl (C=O) groups excluding carboxylic acids is 1. The number of carbonyl (C=O) groups is 1. The fourth-order valence-electron chi connectivity index (χ4n) is 3.47. The number of hydrogen-bond acceptors (Lipinski definition) is 8. The van der Waals surface area contributed by atoms with E-state index in [0.717, 1.165) is 23.5 Å². The molecule has 2 aromatic heterocycles. The third-order valence-corrected chi connectivity index (χ3v) is 6.70. The average Bonchev–Trinajstić information content (AvgIpc) is 3.18. The second-order valence-electron chi connectivity index (χ2n) is 7.02. The number of hydrogen-bond donors (Lipinski definition) is 0. The first-order chi connectivity index (χ1) is 14.1. The summed E-state index contributed by atoms with van der Waals surface area (Å²) in [6.45, 7) is 5.42. The van der Waals surface area contributed by atoms with Crippen LogP contribution >= 0.6 is 0 Å². The van der Waals surface area contributed by atoms with Crippen LogP contribution in [0.3, 0.4) is 0 Å². The van der Waals surface area contributed by atoms with Crippen LogP contribution < -0.4 is 0 Å². The number of aromatic nitrogens is 3. The molecule has 3 heterocycles. The van der Waals surface area contributed by atoms with Gasteiger partial charge in [0.2, 0.25) is 0 Å². The van der Waals surface area contributed by atoms with Gasteiger partial charge in [0.25, 0.3) is 5.69 Å². The number of pyridine rings is 1. The first-order valence-corrected chi connectivity index (χ1v) is 11.2.